The summed E-state index contributed by atoms with van der Waals surface area (Å²) in [7, 11) is 0. The second kappa shape index (κ2) is 5.77. The number of benzene rings is 1. The minimum Gasteiger partial charge on any atom is -0.298 e. The predicted molar refractivity (Wildman–Crippen MR) is 67.0 cm³/mol. The third-order valence-corrected chi connectivity index (χ3v) is 3.16. The van der Waals surface area contributed by atoms with E-state index in [1.165, 1.54) is 23.9 Å². The summed E-state index contributed by atoms with van der Waals surface area (Å²) < 4.78 is 12.7. The molecule has 0 saturated carbocycles. The molecule has 0 amide bonds. The first kappa shape index (κ1) is 12.8. The van der Waals surface area contributed by atoms with Crippen LogP contribution in [-0.4, -0.2) is 26.7 Å². The minimum atomic E-state index is -0.295. The summed E-state index contributed by atoms with van der Waals surface area (Å²) in [5.41, 5.74) is 0.813. The van der Waals surface area contributed by atoms with Crippen LogP contribution in [0.15, 0.2) is 29.4 Å². The van der Waals surface area contributed by atoms with Gasteiger partial charge < -0.3 is 0 Å². The fourth-order valence-corrected chi connectivity index (χ4v) is 2.12. The van der Waals surface area contributed by atoms with E-state index in [4.69, 9.17) is 0 Å². The fourth-order valence-electron chi connectivity index (χ4n) is 1.41. The first-order valence-electron chi connectivity index (χ1n) is 5.41. The third-order valence-electron chi connectivity index (χ3n) is 2.25. The number of aromatic amines is 1. The maximum Gasteiger partial charge on any atom is 0.208 e. The zero-order chi connectivity index (χ0) is 13.0. The van der Waals surface area contributed by atoms with Crippen LogP contribution in [0.25, 0.3) is 0 Å². The average molecular weight is 265 g/mol. The van der Waals surface area contributed by atoms with Crippen LogP contribution in [0, 0.1) is 12.7 Å². The highest BCUT2D eigenvalue weighted by Crippen LogP contribution is 2.13. The van der Waals surface area contributed by atoms with Crippen LogP contribution in [0.2, 0.25) is 0 Å². The van der Waals surface area contributed by atoms with Gasteiger partial charge in [-0.2, -0.15) is 0 Å². The van der Waals surface area contributed by atoms with Gasteiger partial charge in [-0.1, -0.05) is 23.9 Å². The van der Waals surface area contributed by atoms with Crippen LogP contribution in [-0.2, 0) is 11.2 Å². The van der Waals surface area contributed by atoms with Crippen LogP contribution < -0.4 is 0 Å². The standard InChI is InChI=1S/C12H12FN3OS/c1-8-14-12(16-15-8)18-7-11(17)6-9-2-4-10(13)5-3-9/h2-5H,6-7H2,1H3,(H,14,15,16). The van der Waals surface area contributed by atoms with Crippen molar-refractivity contribution in [2.24, 2.45) is 0 Å². The minimum absolute atomic E-state index is 0.0639. The van der Waals surface area contributed by atoms with Gasteiger partial charge in [-0.05, 0) is 24.6 Å². The van der Waals surface area contributed by atoms with E-state index in [2.05, 4.69) is 15.2 Å². The highest BCUT2D eigenvalue weighted by molar-refractivity contribution is 7.99. The van der Waals surface area contributed by atoms with Crippen LogP contribution in [0.4, 0.5) is 4.39 Å². The Bertz CT molecular complexity index is 539. The van der Waals surface area contributed by atoms with Crippen LogP contribution in [0.5, 0.6) is 0 Å². The number of halogens is 1. The number of thioether (sulfide) groups is 1. The fraction of sp³-hybridized carbons (Fsp3) is 0.250. The Morgan fingerprint density at radius 3 is 2.72 bits per heavy atom. The van der Waals surface area contributed by atoms with Crippen molar-refractivity contribution < 1.29 is 9.18 Å². The van der Waals surface area contributed by atoms with E-state index in [-0.39, 0.29) is 11.6 Å². The van der Waals surface area contributed by atoms with E-state index >= 15 is 0 Å². The molecule has 1 heterocycles. The van der Waals surface area contributed by atoms with Gasteiger partial charge >= 0.3 is 0 Å². The zero-order valence-electron chi connectivity index (χ0n) is 9.81. The maximum atomic E-state index is 12.7. The molecule has 0 aliphatic rings. The van der Waals surface area contributed by atoms with Gasteiger partial charge in [-0.15, -0.1) is 5.10 Å². The summed E-state index contributed by atoms with van der Waals surface area (Å²) in [5.74, 6) is 0.809. The lowest BCUT2D eigenvalue weighted by molar-refractivity contribution is -0.116. The van der Waals surface area contributed by atoms with Crippen molar-refractivity contribution in [3.05, 3.63) is 41.5 Å². The van der Waals surface area contributed by atoms with Gasteiger partial charge in [0.2, 0.25) is 5.16 Å². The summed E-state index contributed by atoms with van der Waals surface area (Å²) in [6.07, 6.45) is 0.302. The van der Waals surface area contributed by atoms with Crippen molar-refractivity contribution >= 4 is 17.5 Å². The molecule has 0 atom stereocenters. The van der Waals surface area contributed by atoms with E-state index in [0.717, 1.165) is 11.4 Å². The van der Waals surface area contributed by atoms with Gasteiger partial charge in [0, 0.05) is 6.42 Å². The van der Waals surface area contributed by atoms with Crippen molar-refractivity contribution in [3.8, 4) is 0 Å². The lowest BCUT2D eigenvalue weighted by Crippen LogP contribution is -2.05. The molecule has 0 radical (unpaired) electrons. The molecule has 4 nitrogen and oxygen atoms in total. The topological polar surface area (TPSA) is 58.6 Å². The number of carbonyl (C=O) groups is 1. The molecule has 0 unspecified atom stereocenters. The van der Waals surface area contributed by atoms with Crippen molar-refractivity contribution in [1.29, 1.82) is 0 Å². The maximum absolute atomic E-state index is 12.7. The summed E-state index contributed by atoms with van der Waals surface area (Å²) in [4.78, 5) is 15.8. The number of hydrogen-bond donors (Lipinski definition) is 1. The molecular weight excluding hydrogens is 253 g/mol. The molecule has 0 aliphatic carbocycles. The molecule has 0 saturated heterocycles. The molecule has 18 heavy (non-hydrogen) atoms. The number of nitrogens with zero attached hydrogens (tertiary/aromatic N) is 2. The van der Waals surface area contributed by atoms with Gasteiger partial charge in [-0.3, -0.25) is 9.89 Å². The number of aryl methyl sites for hydroxylation is 1. The Balaban J connectivity index is 1.83. The van der Waals surface area contributed by atoms with Crippen LogP contribution >= 0.6 is 11.8 Å². The second-order valence-electron chi connectivity index (χ2n) is 3.83. The monoisotopic (exact) mass is 265 g/mol. The van der Waals surface area contributed by atoms with Gasteiger partial charge in [-0.25, -0.2) is 9.37 Å². The Hall–Kier alpha value is -1.69. The summed E-state index contributed by atoms with van der Waals surface area (Å²) >= 11 is 1.29. The number of rotatable bonds is 5. The largest absolute Gasteiger partial charge is 0.298 e. The molecule has 1 aromatic carbocycles. The van der Waals surface area contributed by atoms with E-state index in [1.807, 2.05) is 0 Å². The number of carbonyl (C=O) groups excluding carboxylic acids is 1. The van der Waals surface area contributed by atoms with Crippen molar-refractivity contribution in [3.63, 3.8) is 0 Å². The quantitative estimate of drug-likeness (QED) is 0.842. The van der Waals surface area contributed by atoms with Gasteiger partial charge in [0.05, 0.1) is 5.75 Å². The average Bonchev–Trinajstić information content (AvgIpc) is 2.76. The van der Waals surface area contributed by atoms with E-state index < -0.39 is 0 Å². The molecule has 1 aromatic heterocycles. The second-order valence-corrected chi connectivity index (χ2v) is 4.78. The Morgan fingerprint density at radius 2 is 2.11 bits per heavy atom. The molecule has 94 valence electrons. The molecule has 2 aromatic rings. The number of H-pyrrole nitrogens is 1. The molecule has 0 spiro atoms. The van der Waals surface area contributed by atoms with Crippen LogP contribution in [0.1, 0.15) is 11.4 Å². The lowest BCUT2D eigenvalue weighted by atomic mass is 10.1. The summed E-state index contributed by atoms with van der Waals surface area (Å²) in [5, 5.41) is 7.21. The highest BCUT2D eigenvalue weighted by atomic mass is 32.2. The lowest BCUT2D eigenvalue weighted by Gasteiger charge is -1.99. The molecular formula is C12H12FN3OS. The Morgan fingerprint density at radius 1 is 1.39 bits per heavy atom. The van der Waals surface area contributed by atoms with Gasteiger partial charge in [0.1, 0.15) is 17.4 Å². The molecule has 0 fully saturated rings. The number of ketones is 1. The third kappa shape index (κ3) is 3.66. The van der Waals surface area contributed by atoms with Gasteiger partial charge in [0.25, 0.3) is 0 Å². The summed E-state index contributed by atoms with van der Waals surface area (Å²) in [6, 6.07) is 5.95. The van der Waals surface area contributed by atoms with Crippen molar-refractivity contribution in [1.82, 2.24) is 15.2 Å². The molecule has 2 rings (SSSR count). The number of Topliss-reactive ketones (excluding diaryl/α,β-unsaturated/α-hetero) is 1. The molecule has 1 N–H and O–H groups in total. The van der Waals surface area contributed by atoms with Crippen molar-refractivity contribution in [2.45, 2.75) is 18.5 Å². The molecule has 6 heteroatoms. The summed E-state index contributed by atoms with van der Waals surface area (Å²) in [6.45, 7) is 1.80. The number of aromatic nitrogens is 3. The normalized spacial score (nSPS) is 10.6. The zero-order valence-corrected chi connectivity index (χ0v) is 10.6. The van der Waals surface area contributed by atoms with E-state index in [0.29, 0.717) is 17.3 Å². The number of hydrogen-bond acceptors (Lipinski definition) is 4. The smallest absolute Gasteiger partial charge is 0.208 e. The van der Waals surface area contributed by atoms with Crippen LogP contribution in [0.3, 0.4) is 0 Å². The number of nitrogens with one attached hydrogen (secondary N) is 1. The van der Waals surface area contributed by atoms with Gasteiger partial charge in [0.15, 0.2) is 0 Å². The predicted octanol–water partition coefficient (Wildman–Crippen LogP) is 2.16. The first-order valence-corrected chi connectivity index (χ1v) is 6.40. The van der Waals surface area contributed by atoms with Crippen molar-refractivity contribution in [2.75, 3.05) is 5.75 Å². The SMILES string of the molecule is Cc1nc(SCC(=O)Cc2ccc(F)cc2)n[nH]1. The first-order chi connectivity index (χ1) is 8.63. The highest BCUT2D eigenvalue weighted by Gasteiger charge is 2.07. The molecule has 0 aliphatic heterocycles. The van der Waals surface area contributed by atoms with E-state index in [1.54, 1.807) is 19.1 Å². The molecule has 0 bridgehead atoms. The van der Waals surface area contributed by atoms with E-state index in [9.17, 15) is 9.18 Å². The Kier molecular flexibility index (Phi) is 4.09. The Labute approximate surface area is 108 Å².